The van der Waals surface area contributed by atoms with E-state index < -0.39 is 0 Å². The van der Waals surface area contributed by atoms with Crippen molar-refractivity contribution in [3.8, 4) is 0 Å². The quantitative estimate of drug-likeness (QED) is 0.488. The highest BCUT2D eigenvalue weighted by Crippen LogP contribution is 2.37. The number of hydrogen-bond donors (Lipinski definition) is 2. The predicted octanol–water partition coefficient (Wildman–Crippen LogP) is 2.94. The number of piperidine rings is 1. The summed E-state index contributed by atoms with van der Waals surface area (Å²) in [6.45, 7) is 11.0. The van der Waals surface area contributed by atoms with E-state index in [4.69, 9.17) is 4.99 Å². The van der Waals surface area contributed by atoms with E-state index in [1.807, 2.05) is 30.1 Å². The molecule has 2 heterocycles. The van der Waals surface area contributed by atoms with E-state index in [1.165, 1.54) is 17.7 Å². The Hall–Kier alpha value is -1.60. The Labute approximate surface area is 174 Å². The number of carbonyl (C=O) groups excluding carboxylic acids is 1. The van der Waals surface area contributed by atoms with Gasteiger partial charge < -0.3 is 15.5 Å². The highest BCUT2D eigenvalue weighted by molar-refractivity contribution is 7.10. The van der Waals surface area contributed by atoms with E-state index in [0.29, 0.717) is 24.9 Å². The number of guanidine groups is 1. The Balaban J connectivity index is 1.94. The third-order valence-electron chi connectivity index (χ3n) is 5.42. The topological polar surface area (TPSA) is 60.0 Å². The van der Waals surface area contributed by atoms with Crippen LogP contribution < -0.4 is 10.6 Å². The first-order valence-corrected chi connectivity index (χ1v) is 11.5. The SMILES string of the molecule is CCNC(=NCC1CCCN(C)C1c1cccs1)NCCC(=O)N(CC)CC. The van der Waals surface area contributed by atoms with E-state index in [0.717, 1.165) is 38.7 Å². The number of carbonyl (C=O) groups is 1. The first-order chi connectivity index (χ1) is 13.6. The molecule has 0 aliphatic carbocycles. The van der Waals surface area contributed by atoms with E-state index in [9.17, 15) is 4.79 Å². The number of hydrogen-bond acceptors (Lipinski definition) is 4. The molecule has 1 saturated heterocycles. The summed E-state index contributed by atoms with van der Waals surface area (Å²) in [4.78, 5) is 22.8. The maximum atomic E-state index is 12.2. The highest BCUT2D eigenvalue weighted by atomic mass is 32.1. The first-order valence-electron chi connectivity index (χ1n) is 10.6. The van der Waals surface area contributed by atoms with Gasteiger partial charge >= 0.3 is 0 Å². The van der Waals surface area contributed by atoms with Crippen molar-refractivity contribution in [2.24, 2.45) is 10.9 Å². The number of rotatable bonds is 9. The monoisotopic (exact) mass is 407 g/mol. The molecule has 1 aromatic heterocycles. The Morgan fingerprint density at radius 3 is 2.75 bits per heavy atom. The minimum atomic E-state index is 0.194. The molecule has 0 bridgehead atoms. The van der Waals surface area contributed by atoms with Crippen LogP contribution in [0.15, 0.2) is 22.5 Å². The second kappa shape index (κ2) is 12.1. The van der Waals surface area contributed by atoms with E-state index >= 15 is 0 Å². The molecule has 6 nitrogen and oxygen atoms in total. The van der Waals surface area contributed by atoms with Crippen LogP contribution >= 0.6 is 11.3 Å². The molecule has 2 N–H and O–H groups in total. The lowest BCUT2D eigenvalue weighted by Gasteiger charge is -2.38. The number of nitrogens with zero attached hydrogens (tertiary/aromatic N) is 3. The van der Waals surface area contributed by atoms with Crippen LogP contribution in [0.25, 0.3) is 0 Å². The standard InChI is InChI=1S/C21H37N5OS/c1-5-22-21(23-13-12-19(27)26(6-2)7-3)24-16-17-10-8-14-25(4)20(17)18-11-9-15-28-18/h9,11,15,17,20H,5-8,10,12-14,16H2,1-4H3,(H2,22,23,24). The normalized spacial score (nSPS) is 20.8. The van der Waals surface area contributed by atoms with Gasteiger partial charge in [0.2, 0.25) is 5.91 Å². The average Bonchev–Trinajstić information content (AvgIpc) is 3.21. The van der Waals surface area contributed by atoms with Crippen LogP contribution in [0.5, 0.6) is 0 Å². The van der Waals surface area contributed by atoms with Gasteiger partial charge in [0.1, 0.15) is 0 Å². The smallest absolute Gasteiger partial charge is 0.224 e. The van der Waals surface area contributed by atoms with Crippen LogP contribution in [0.2, 0.25) is 0 Å². The molecule has 0 aromatic carbocycles. The van der Waals surface area contributed by atoms with Crippen LogP contribution in [-0.2, 0) is 4.79 Å². The lowest BCUT2D eigenvalue weighted by atomic mass is 9.88. The lowest BCUT2D eigenvalue weighted by Crippen LogP contribution is -2.41. The maximum absolute atomic E-state index is 12.2. The third-order valence-corrected chi connectivity index (χ3v) is 6.36. The Bertz CT molecular complexity index is 600. The van der Waals surface area contributed by atoms with Crippen molar-refractivity contribution in [2.75, 3.05) is 46.3 Å². The zero-order chi connectivity index (χ0) is 20.4. The number of amides is 1. The van der Waals surface area contributed by atoms with Crippen LogP contribution in [0.4, 0.5) is 0 Å². The van der Waals surface area contributed by atoms with Gasteiger partial charge in [0.15, 0.2) is 5.96 Å². The van der Waals surface area contributed by atoms with Gasteiger partial charge in [-0.15, -0.1) is 11.3 Å². The fourth-order valence-electron chi connectivity index (χ4n) is 3.93. The van der Waals surface area contributed by atoms with Gasteiger partial charge in [0.05, 0.1) is 0 Å². The van der Waals surface area contributed by atoms with Crippen LogP contribution in [0, 0.1) is 5.92 Å². The molecule has 28 heavy (non-hydrogen) atoms. The lowest BCUT2D eigenvalue weighted by molar-refractivity contribution is -0.130. The fourth-order valence-corrected chi connectivity index (χ4v) is 4.92. The minimum absolute atomic E-state index is 0.194. The van der Waals surface area contributed by atoms with Crippen molar-refractivity contribution in [2.45, 2.75) is 46.1 Å². The summed E-state index contributed by atoms with van der Waals surface area (Å²) < 4.78 is 0. The number of nitrogens with one attached hydrogen (secondary N) is 2. The van der Waals surface area contributed by atoms with Crippen molar-refractivity contribution in [1.29, 1.82) is 0 Å². The number of likely N-dealkylation sites (tertiary alicyclic amines) is 1. The molecule has 0 spiro atoms. The van der Waals surface area contributed by atoms with Crippen LogP contribution in [0.3, 0.4) is 0 Å². The zero-order valence-electron chi connectivity index (χ0n) is 17.9. The largest absolute Gasteiger partial charge is 0.357 e. The Morgan fingerprint density at radius 1 is 1.32 bits per heavy atom. The molecular formula is C21H37N5OS. The van der Waals surface area contributed by atoms with E-state index in [1.54, 1.807) is 0 Å². The Morgan fingerprint density at radius 2 is 2.11 bits per heavy atom. The minimum Gasteiger partial charge on any atom is -0.357 e. The van der Waals surface area contributed by atoms with Gasteiger partial charge in [-0.05, 0) is 64.6 Å². The third kappa shape index (κ3) is 6.48. The van der Waals surface area contributed by atoms with E-state index in [2.05, 4.69) is 47.0 Å². The van der Waals surface area contributed by atoms with Crippen molar-refractivity contribution in [3.63, 3.8) is 0 Å². The molecule has 2 unspecified atom stereocenters. The molecule has 0 saturated carbocycles. The molecule has 1 aliphatic rings. The van der Waals surface area contributed by atoms with Gasteiger partial charge in [0, 0.05) is 50.1 Å². The van der Waals surface area contributed by atoms with Gasteiger partial charge in [-0.1, -0.05) is 6.07 Å². The van der Waals surface area contributed by atoms with Gasteiger partial charge in [-0.3, -0.25) is 14.7 Å². The zero-order valence-corrected chi connectivity index (χ0v) is 18.7. The molecular weight excluding hydrogens is 370 g/mol. The second-order valence-corrected chi connectivity index (χ2v) is 8.28. The molecule has 158 valence electrons. The molecule has 2 atom stereocenters. The summed E-state index contributed by atoms with van der Waals surface area (Å²) in [6, 6.07) is 4.84. The predicted molar refractivity (Wildman–Crippen MR) is 119 cm³/mol. The molecule has 1 amide bonds. The number of thiophene rings is 1. The number of aliphatic imine (C=N–C) groups is 1. The first kappa shape index (κ1) is 22.7. The van der Waals surface area contributed by atoms with Gasteiger partial charge in [0.25, 0.3) is 0 Å². The van der Waals surface area contributed by atoms with Gasteiger partial charge in [-0.2, -0.15) is 0 Å². The van der Waals surface area contributed by atoms with Crippen molar-refractivity contribution in [1.82, 2.24) is 20.4 Å². The Kier molecular flexibility index (Phi) is 9.78. The van der Waals surface area contributed by atoms with Crippen molar-refractivity contribution in [3.05, 3.63) is 22.4 Å². The van der Waals surface area contributed by atoms with Crippen molar-refractivity contribution >= 4 is 23.2 Å². The fraction of sp³-hybridized carbons (Fsp3) is 0.714. The summed E-state index contributed by atoms with van der Waals surface area (Å²) in [5.41, 5.74) is 0. The summed E-state index contributed by atoms with van der Waals surface area (Å²) in [5, 5.41) is 8.82. The molecule has 1 fully saturated rings. The molecule has 7 heteroatoms. The summed E-state index contributed by atoms with van der Waals surface area (Å²) in [7, 11) is 2.22. The summed E-state index contributed by atoms with van der Waals surface area (Å²) >= 11 is 1.84. The van der Waals surface area contributed by atoms with E-state index in [-0.39, 0.29) is 5.91 Å². The van der Waals surface area contributed by atoms with Crippen LogP contribution in [-0.4, -0.2) is 68.0 Å². The van der Waals surface area contributed by atoms with Gasteiger partial charge in [-0.25, -0.2) is 0 Å². The van der Waals surface area contributed by atoms with Crippen molar-refractivity contribution < 1.29 is 4.79 Å². The highest BCUT2D eigenvalue weighted by Gasteiger charge is 2.31. The second-order valence-electron chi connectivity index (χ2n) is 7.31. The summed E-state index contributed by atoms with van der Waals surface area (Å²) in [6.07, 6.45) is 2.92. The maximum Gasteiger partial charge on any atom is 0.224 e. The van der Waals surface area contributed by atoms with Crippen LogP contribution in [0.1, 0.15) is 51.0 Å². The average molecular weight is 408 g/mol. The molecule has 1 aromatic rings. The molecule has 2 rings (SSSR count). The molecule has 1 aliphatic heterocycles. The summed E-state index contributed by atoms with van der Waals surface area (Å²) in [5.74, 6) is 1.53. The molecule has 0 radical (unpaired) electrons.